The summed E-state index contributed by atoms with van der Waals surface area (Å²) < 4.78 is 0. The highest BCUT2D eigenvalue weighted by molar-refractivity contribution is 6.32. The summed E-state index contributed by atoms with van der Waals surface area (Å²) in [4.78, 5) is 23.1. The fourth-order valence-corrected chi connectivity index (χ4v) is 3.86. The van der Waals surface area contributed by atoms with Crippen molar-refractivity contribution in [2.24, 2.45) is 0 Å². The fourth-order valence-electron chi connectivity index (χ4n) is 3.67. The third-order valence-electron chi connectivity index (χ3n) is 5.38. The van der Waals surface area contributed by atoms with Crippen LogP contribution in [0.15, 0.2) is 48.2 Å². The highest BCUT2D eigenvalue weighted by Crippen LogP contribution is 2.28. The Hall–Kier alpha value is -3.37. The summed E-state index contributed by atoms with van der Waals surface area (Å²) in [6.07, 6.45) is 6.44. The molecule has 1 amide bonds. The molecule has 1 atom stereocenters. The molecule has 8 heteroatoms. The van der Waals surface area contributed by atoms with Gasteiger partial charge in [-0.2, -0.15) is 5.26 Å². The lowest BCUT2D eigenvalue weighted by Gasteiger charge is -2.21. The first kappa shape index (κ1) is 22.3. The molecular formula is C23H23ClN4O3. The number of fused-ring (bicyclic) bond motifs is 1. The van der Waals surface area contributed by atoms with Gasteiger partial charge in [0, 0.05) is 18.0 Å². The van der Waals surface area contributed by atoms with Crippen LogP contribution in [0.1, 0.15) is 48.9 Å². The van der Waals surface area contributed by atoms with Gasteiger partial charge in [0.25, 0.3) is 11.6 Å². The molecule has 1 unspecified atom stereocenters. The fraction of sp³-hybridized carbons (Fsp3) is 0.304. The molecule has 31 heavy (non-hydrogen) atoms. The Morgan fingerprint density at radius 3 is 2.68 bits per heavy atom. The van der Waals surface area contributed by atoms with E-state index in [9.17, 15) is 20.2 Å². The minimum atomic E-state index is -0.598. The van der Waals surface area contributed by atoms with Crippen LogP contribution in [0.5, 0.6) is 0 Å². The van der Waals surface area contributed by atoms with Gasteiger partial charge in [-0.05, 0) is 60.9 Å². The number of nitriles is 1. The van der Waals surface area contributed by atoms with Crippen LogP contribution in [-0.4, -0.2) is 10.8 Å². The van der Waals surface area contributed by atoms with Crippen molar-refractivity contribution in [3.8, 4) is 6.07 Å². The number of aryl methyl sites for hydroxylation is 2. The van der Waals surface area contributed by atoms with Crippen molar-refractivity contribution in [1.82, 2.24) is 5.32 Å². The molecule has 1 aliphatic carbocycles. The normalized spacial score (nSPS) is 14.2. The molecule has 2 aromatic carbocycles. The number of carbonyl (C=O) groups excluding carboxylic acids is 1. The molecule has 0 saturated carbocycles. The van der Waals surface area contributed by atoms with Crippen molar-refractivity contribution in [2.45, 2.75) is 45.1 Å². The van der Waals surface area contributed by atoms with Crippen LogP contribution in [0.25, 0.3) is 0 Å². The molecule has 0 spiro atoms. The zero-order valence-corrected chi connectivity index (χ0v) is 17.9. The van der Waals surface area contributed by atoms with Gasteiger partial charge in [0.2, 0.25) is 0 Å². The summed E-state index contributed by atoms with van der Waals surface area (Å²) in [6.45, 7) is 1.98. The van der Waals surface area contributed by atoms with E-state index in [1.165, 1.54) is 48.4 Å². The summed E-state index contributed by atoms with van der Waals surface area (Å²) in [7, 11) is 0. The summed E-state index contributed by atoms with van der Waals surface area (Å²) in [6, 6.07) is 12.1. The number of nitro groups is 1. The van der Waals surface area contributed by atoms with E-state index in [-0.39, 0.29) is 22.3 Å². The third-order valence-corrected chi connectivity index (χ3v) is 5.70. The zero-order valence-electron chi connectivity index (χ0n) is 17.2. The molecule has 0 bridgehead atoms. The van der Waals surface area contributed by atoms with Crippen molar-refractivity contribution in [3.63, 3.8) is 0 Å². The number of nitrogens with zero attached hydrogens (tertiary/aromatic N) is 2. The number of benzene rings is 2. The van der Waals surface area contributed by atoms with Gasteiger partial charge in [-0.1, -0.05) is 36.7 Å². The van der Waals surface area contributed by atoms with Crippen molar-refractivity contribution < 1.29 is 9.72 Å². The van der Waals surface area contributed by atoms with Crippen molar-refractivity contribution in [3.05, 3.63) is 80.0 Å². The topological polar surface area (TPSA) is 108 Å². The number of halogens is 1. The largest absolute Gasteiger partial charge is 0.360 e. The number of amides is 1. The van der Waals surface area contributed by atoms with Crippen molar-refractivity contribution in [2.75, 3.05) is 5.32 Å². The molecule has 0 aromatic heterocycles. The number of carbonyl (C=O) groups is 1. The van der Waals surface area contributed by atoms with Gasteiger partial charge >= 0.3 is 0 Å². The SMILES string of the molecule is CCC(NC(=O)/C(C#N)=C\Nc1ccc(Cl)c([N+](=O)[O-])c1)c1ccc2c(c1)CCCC2. The van der Waals surface area contributed by atoms with Crippen LogP contribution in [0.4, 0.5) is 11.4 Å². The van der Waals surface area contributed by atoms with Crippen LogP contribution in [0.3, 0.4) is 0 Å². The lowest BCUT2D eigenvalue weighted by atomic mass is 9.88. The second-order valence-electron chi connectivity index (χ2n) is 7.41. The van der Waals surface area contributed by atoms with E-state index in [1.54, 1.807) is 0 Å². The van der Waals surface area contributed by atoms with E-state index in [0.717, 1.165) is 18.4 Å². The third kappa shape index (κ3) is 5.41. The number of nitrogens with one attached hydrogen (secondary N) is 2. The average molecular weight is 439 g/mol. The van der Waals surface area contributed by atoms with Crippen LogP contribution < -0.4 is 10.6 Å². The molecule has 160 valence electrons. The number of hydrogen-bond donors (Lipinski definition) is 2. The van der Waals surface area contributed by atoms with E-state index < -0.39 is 10.8 Å². The minimum Gasteiger partial charge on any atom is -0.360 e. The second kappa shape index (κ2) is 10.1. The van der Waals surface area contributed by atoms with E-state index in [4.69, 9.17) is 11.6 Å². The summed E-state index contributed by atoms with van der Waals surface area (Å²) in [5.41, 5.74) is 3.68. The Bertz CT molecular complexity index is 1070. The Morgan fingerprint density at radius 2 is 2.00 bits per heavy atom. The van der Waals surface area contributed by atoms with E-state index >= 15 is 0 Å². The molecule has 0 saturated heterocycles. The first-order valence-corrected chi connectivity index (χ1v) is 10.5. The number of anilines is 1. The molecule has 2 aromatic rings. The Kier molecular flexibility index (Phi) is 7.27. The number of nitro benzene ring substituents is 1. The highest BCUT2D eigenvalue weighted by atomic mass is 35.5. The second-order valence-corrected chi connectivity index (χ2v) is 7.81. The van der Waals surface area contributed by atoms with Crippen LogP contribution >= 0.6 is 11.6 Å². The quantitative estimate of drug-likeness (QED) is 0.267. The smallest absolute Gasteiger partial charge is 0.289 e. The Morgan fingerprint density at radius 1 is 1.26 bits per heavy atom. The molecule has 2 N–H and O–H groups in total. The lowest BCUT2D eigenvalue weighted by molar-refractivity contribution is -0.384. The van der Waals surface area contributed by atoms with Crippen LogP contribution in [-0.2, 0) is 17.6 Å². The van der Waals surface area contributed by atoms with Gasteiger partial charge in [-0.3, -0.25) is 14.9 Å². The van der Waals surface area contributed by atoms with Crippen LogP contribution in [0, 0.1) is 21.4 Å². The van der Waals surface area contributed by atoms with E-state index in [1.807, 2.05) is 19.1 Å². The van der Waals surface area contributed by atoms with Gasteiger partial charge in [0.05, 0.1) is 11.0 Å². The molecule has 0 aliphatic heterocycles. The molecule has 0 heterocycles. The predicted molar refractivity (Wildman–Crippen MR) is 120 cm³/mol. The lowest BCUT2D eigenvalue weighted by Crippen LogP contribution is -2.29. The van der Waals surface area contributed by atoms with Gasteiger partial charge in [0.15, 0.2) is 0 Å². The monoisotopic (exact) mass is 438 g/mol. The summed E-state index contributed by atoms with van der Waals surface area (Å²) in [5.74, 6) is -0.511. The highest BCUT2D eigenvalue weighted by Gasteiger charge is 2.19. The first-order chi connectivity index (χ1) is 14.9. The standard InChI is InChI=1S/C23H23ClN4O3/c1-2-21(17-8-7-15-5-3-4-6-16(15)11-17)27-23(29)18(13-25)14-26-19-9-10-20(24)22(12-19)28(30)31/h7-12,14,21,26H,2-6H2,1H3,(H,27,29)/b18-14-. The Labute approximate surface area is 185 Å². The molecule has 0 fully saturated rings. The average Bonchev–Trinajstić information content (AvgIpc) is 2.78. The minimum absolute atomic E-state index is 0.00798. The maximum Gasteiger partial charge on any atom is 0.289 e. The van der Waals surface area contributed by atoms with Gasteiger partial charge < -0.3 is 10.6 Å². The maximum absolute atomic E-state index is 12.7. The Balaban J connectivity index is 1.73. The molecule has 1 aliphatic rings. The maximum atomic E-state index is 12.7. The van der Waals surface area contributed by atoms with E-state index in [0.29, 0.717) is 12.1 Å². The van der Waals surface area contributed by atoms with Gasteiger partial charge in [-0.15, -0.1) is 0 Å². The molecule has 0 radical (unpaired) electrons. The number of hydrogen-bond acceptors (Lipinski definition) is 5. The van der Waals surface area contributed by atoms with E-state index in [2.05, 4.69) is 22.8 Å². The first-order valence-electron chi connectivity index (χ1n) is 10.2. The number of rotatable bonds is 7. The van der Waals surface area contributed by atoms with Gasteiger partial charge in [0.1, 0.15) is 16.7 Å². The molecule has 7 nitrogen and oxygen atoms in total. The van der Waals surface area contributed by atoms with Crippen molar-refractivity contribution >= 4 is 28.9 Å². The molecule has 3 rings (SSSR count). The molecular weight excluding hydrogens is 416 g/mol. The summed E-state index contributed by atoms with van der Waals surface area (Å²) >= 11 is 5.81. The van der Waals surface area contributed by atoms with Gasteiger partial charge in [-0.25, -0.2) is 0 Å². The van der Waals surface area contributed by atoms with Crippen LogP contribution in [0.2, 0.25) is 5.02 Å². The zero-order chi connectivity index (χ0) is 22.4. The predicted octanol–water partition coefficient (Wildman–Crippen LogP) is 5.21. The van der Waals surface area contributed by atoms with Crippen molar-refractivity contribution in [1.29, 1.82) is 5.26 Å². The summed E-state index contributed by atoms with van der Waals surface area (Å²) in [5, 5.41) is 26.1.